The van der Waals surface area contributed by atoms with E-state index in [1.165, 1.54) is 6.07 Å². The molecule has 1 rings (SSSR count). The largest absolute Gasteiger partial charge is 0.296 e. The Morgan fingerprint density at radius 3 is 2.44 bits per heavy atom. The molecular formula is C12H18ClNO3S. The van der Waals surface area contributed by atoms with Crippen LogP contribution in [0.25, 0.3) is 0 Å². The Bertz CT molecular complexity index is 521. The fourth-order valence-electron chi connectivity index (χ4n) is 1.38. The highest BCUT2D eigenvalue weighted by atomic mass is 35.5. The van der Waals surface area contributed by atoms with E-state index in [0.717, 1.165) is 6.26 Å². The summed E-state index contributed by atoms with van der Waals surface area (Å²) in [4.78, 5) is 5.57. The molecule has 0 radical (unpaired) electrons. The fourth-order valence-corrected chi connectivity index (χ4v) is 2.64. The summed E-state index contributed by atoms with van der Waals surface area (Å²) in [6.45, 7) is 5.91. The quantitative estimate of drug-likeness (QED) is 0.866. The van der Waals surface area contributed by atoms with Crippen LogP contribution >= 0.6 is 11.6 Å². The molecule has 0 bridgehead atoms. The minimum absolute atomic E-state index is 0.222. The van der Waals surface area contributed by atoms with Gasteiger partial charge in [0.15, 0.2) is 9.84 Å². The zero-order valence-electron chi connectivity index (χ0n) is 11.0. The van der Waals surface area contributed by atoms with Gasteiger partial charge in [0.25, 0.3) is 0 Å². The van der Waals surface area contributed by atoms with Gasteiger partial charge in [0.05, 0.1) is 10.5 Å². The molecule has 0 atom stereocenters. The van der Waals surface area contributed by atoms with E-state index in [9.17, 15) is 8.42 Å². The van der Waals surface area contributed by atoms with Crippen LogP contribution in [0, 0.1) is 0 Å². The van der Waals surface area contributed by atoms with Crippen molar-refractivity contribution in [2.45, 2.75) is 37.8 Å². The Hall–Kier alpha value is -0.620. The molecular weight excluding hydrogens is 274 g/mol. The first-order valence-corrected chi connectivity index (χ1v) is 7.76. The van der Waals surface area contributed by atoms with E-state index >= 15 is 0 Å². The third kappa shape index (κ3) is 4.57. The Kier molecular flexibility index (Phi) is 4.78. The molecule has 1 N–H and O–H groups in total. The van der Waals surface area contributed by atoms with Gasteiger partial charge in [-0.25, -0.2) is 8.42 Å². The maximum atomic E-state index is 11.6. The molecule has 0 aliphatic rings. The van der Waals surface area contributed by atoms with Crippen molar-refractivity contribution >= 4 is 21.4 Å². The van der Waals surface area contributed by atoms with Crippen molar-refractivity contribution in [1.29, 1.82) is 0 Å². The molecule has 18 heavy (non-hydrogen) atoms. The van der Waals surface area contributed by atoms with Crippen molar-refractivity contribution in [3.8, 4) is 0 Å². The van der Waals surface area contributed by atoms with Crippen LogP contribution in [0.4, 0.5) is 0 Å². The number of hydroxylamine groups is 1. The maximum absolute atomic E-state index is 11.6. The average Bonchev–Trinajstić information content (AvgIpc) is 2.16. The highest BCUT2D eigenvalue weighted by Gasteiger charge is 2.17. The van der Waals surface area contributed by atoms with Crippen LogP contribution in [0.1, 0.15) is 26.3 Å². The lowest BCUT2D eigenvalue weighted by atomic mass is 10.2. The van der Waals surface area contributed by atoms with Crippen LogP contribution in [0.3, 0.4) is 0 Å². The molecule has 1 aromatic rings. The van der Waals surface area contributed by atoms with E-state index in [-0.39, 0.29) is 17.0 Å². The smallest absolute Gasteiger partial charge is 0.175 e. The molecule has 0 spiro atoms. The second kappa shape index (κ2) is 5.57. The number of hydrogen-bond acceptors (Lipinski definition) is 4. The Morgan fingerprint density at radius 1 is 1.33 bits per heavy atom. The van der Waals surface area contributed by atoms with Gasteiger partial charge < -0.3 is 0 Å². The van der Waals surface area contributed by atoms with Gasteiger partial charge in [0.2, 0.25) is 0 Å². The van der Waals surface area contributed by atoms with E-state index in [2.05, 4.69) is 5.48 Å². The van der Waals surface area contributed by atoms with Crippen LogP contribution in [-0.2, 0) is 21.2 Å². The highest BCUT2D eigenvalue weighted by molar-refractivity contribution is 7.90. The van der Waals surface area contributed by atoms with E-state index in [4.69, 9.17) is 16.4 Å². The predicted octanol–water partition coefficient (Wildman–Crippen LogP) is 2.56. The molecule has 0 aliphatic carbocycles. The Morgan fingerprint density at radius 2 is 1.94 bits per heavy atom. The van der Waals surface area contributed by atoms with Crippen molar-refractivity contribution < 1.29 is 13.3 Å². The summed E-state index contributed by atoms with van der Waals surface area (Å²) in [6, 6.07) is 4.81. The lowest BCUT2D eigenvalue weighted by Crippen LogP contribution is -2.29. The lowest BCUT2D eigenvalue weighted by Gasteiger charge is -2.20. The van der Waals surface area contributed by atoms with E-state index in [0.29, 0.717) is 10.6 Å². The van der Waals surface area contributed by atoms with E-state index in [1.807, 2.05) is 20.8 Å². The van der Waals surface area contributed by atoms with Gasteiger partial charge in [-0.1, -0.05) is 17.7 Å². The summed E-state index contributed by atoms with van der Waals surface area (Å²) in [5.41, 5.74) is 2.91. The van der Waals surface area contributed by atoms with Crippen LogP contribution in [-0.4, -0.2) is 20.3 Å². The molecule has 0 aromatic heterocycles. The molecule has 102 valence electrons. The summed E-state index contributed by atoms with van der Waals surface area (Å²) in [7, 11) is -3.30. The molecule has 0 unspecified atom stereocenters. The summed E-state index contributed by atoms with van der Waals surface area (Å²) in [6.07, 6.45) is 1.16. The summed E-state index contributed by atoms with van der Waals surface area (Å²) in [5, 5.41) is 0.405. The van der Waals surface area contributed by atoms with Crippen LogP contribution in [0.5, 0.6) is 0 Å². The van der Waals surface area contributed by atoms with Gasteiger partial charge >= 0.3 is 0 Å². The third-order valence-corrected chi connectivity index (χ3v) is 3.64. The van der Waals surface area contributed by atoms with Gasteiger partial charge in [-0.15, -0.1) is 0 Å². The molecule has 0 aliphatic heterocycles. The van der Waals surface area contributed by atoms with E-state index in [1.54, 1.807) is 12.1 Å². The second-order valence-corrected chi connectivity index (χ2v) is 7.42. The molecule has 0 fully saturated rings. The summed E-state index contributed by atoms with van der Waals surface area (Å²) >= 11 is 6.03. The summed E-state index contributed by atoms with van der Waals surface area (Å²) in [5.74, 6) is 0. The fraction of sp³-hybridized carbons (Fsp3) is 0.500. The molecule has 0 amide bonds. The van der Waals surface area contributed by atoms with Crippen LogP contribution in [0.2, 0.25) is 5.02 Å². The number of hydrogen-bond donors (Lipinski definition) is 1. The van der Waals surface area contributed by atoms with Gasteiger partial charge in [-0.3, -0.25) is 4.84 Å². The van der Waals surface area contributed by atoms with Crippen molar-refractivity contribution in [3.63, 3.8) is 0 Å². The molecule has 1 aromatic carbocycles. The number of nitrogens with one attached hydrogen (secondary N) is 1. The van der Waals surface area contributed by atoms with Crippen molar-refractivity contribution in [2.75, 3.05) is 6.26 Å². The summed E-state index contributed by atoms with van der Waals surface area (Å²) < 4.78 is 23.3. The topological polar surface area (TPSA) is 55.4 Å². The van der Waals surface area contributed by atoms with Gasteiger partial charge in [-0.05, 0) is 32.9 Å². The standard InChI is InChI=1S/C12H18ClNO3S/c1-12(2,3)17-14-8-9-10(13)6-5-7-11(9)18(4,15)16/h5-7,14H,8H2,1-4H3. The average molecular weight is 292 g/mol. The molecule has 0 saturated carbocycles. The predicted molar refractivity (Wildman–Crippen MR) is 72.2 cm³/mol. The minimum atomic E-state index is -3.30. The maximum Gasteiger partial charge on any atom is 0.175 e. The Labute approximate surface area is 113 Å². The number of benzene rings is 1. The SMILES string of the molecule is CC(C)(C)ONCc1c(Cl)cccc1S(C)(=O)=O. The van der Waals surface area contributed by atoms with Gasteiger partial charge in [0, 0.05) is 23.4 Å². The minimum Gasteiger partial charge on any atom is -0.296 e. The van der Waals surface area contributed by atoms with Gasteiger partial charge in [-0.2, -0.15) is 5.48 Å². The first-order chi connectivity index (χ1) is 8.11. The highest BCUT2D eigenvalue weighted by Crippen LogP contribution is 2.24. The van der Waals surface area contributed by atoms with Crippen LogP contribution < -0.4 is 5.48 Å². The first kappa shape index (κ1) is 15.4. The third-order valence-electron chi connectivity index (χ3n) is 2.10. The molecule has 0 saturated heterocycles. The Balaban J connectivity index is 2.95. The first-order valence-electron chi connectivity index (χ1n) is 5.49. The normalized spacial score (nSPS) is 12.7. The molecule has 6 heteroatoms. The second-order valence-electron chi connectivity index (χ2n) is 5.02. The number of sulfone groups is 1. The number of rotatable bonds is 4. The van der Waals surface area contributed by atoms with Crippen molar-refractivity contribution in [1.82, 2.24) is 5.48 Å². The lowest BCUT2D eigenvalue weighted by molar-refractivity contribution is -0.0759. The van der Waals surface area contributed by atoms with E-state index < -0.39 is 9.84 Å². The van der Waals surface area contributed by atoms with Crippen molar-refractivity contribution in [2.24, 2.45) is 0 Å². The van der Waals surface area contributed by atoms with Gasteiger partial charge in [0.1, 0.15) is 0 Å². The zero-order chi connectivity index (χ0) is 14.0. The van der Waals surface area contributed by atoms with Crippen LogP contribution in [0.15, 0.2) is 23.1 Å². The number of halogens is 1. The molecule has 0 heterocycles. The zero-order valence-corrected chi connectivity index (χ0v) is 12.5. The molecule has 4 nitrogen and oxygen atoms in total. The monoisotopic (exact) mass is 291 g/mol. The van der Waals surface area contributed by atoms with Crippen molar-refractivity contribution in [3.05, 3.63) is 28.8 Å².